The molecule has 0 aromatic carbocycles. The summed E-state index contributed by atoms with van der Waals surface area (Å²) in [6.45, 7) is 4.49. The van der Waals surface area contributed by atoms with Crippen LogP contribution in [0.15, 0.2) is 18.3 Å². The molecule has 134 valence electrons. The highest BCUT2D eigenvalue weighted by Gasteiger charge is 2.52. The molecule has 2 saturated carbocycles. The predicted molar refractivity (Wildman–Crippen MR) is 99.7 cm³/mol. The molecule has 6 nitrogen and oxygen atoms in total. The second-order valence-corrected chi connectivity index (χ2v) is 8.07. The van der Waals surface area contributed by atoms with Crippen LogP contribution >= 0.6 is 0 Å². The molecule has 3 heterocycles. The van der Waals surface area contributed by atoms with E-state index in [1.807, 2.05) is 19.2 Å². The second kappa shape index (κ2) is 5.50. The van der Waals surface area contributed by atoms with Gasteiger partial charge in [-0.3, -0.25) is 4.79 Å². The first-order valence-corrected chi connectivity index (χ1v) is 9.43. The van der Waals surface area contributed by atoms with Crippen molar-refractivity contribution in [2.75, 3.05) is 16.8 Å². The Hall–Kier alpha value is -2.50. The number of aromatic nitrogens is 3. The molecule has 2 fully saturated rings. The van der Waals surface area contributed by atoms with E-state index in [1.165, 1.54) is 38.2 Å². The standard InChI is InChI=1S/C20H23N5O/c1-12-7-19(24-18(22-12)8-14-3-4-14)25-11-20(5-6-20)15-10-21-17(9-16(15)25)23-13(2)26/h7,9-10,14H,3-6,8,11H2,1-2H3,(H,21,23,26). The van der Waals surface area contributed by atoms with Crippen LogP contribution in [0.25, 0.3) is 0 Å². The van der Waals surface area contributed by atoms with Crippen molar-refractivity contribution in [3.05, 3.63) is 35.4 Å². The van der Waals surface area contributed by atoms with Gasteiger partial charge in [0.2, 0.25) is 5.91 Å². The summed E-state index contributed by atoms with van der Waals surface area (Å²) in [5.41, 5.74) is 3.63. The van der Waals surface area contributed by atoms with E-state index in [0.717, 1.165) is 41.9 Å². The average Bonchev–Trinajstić information content (AvgIpc) is 3.48. The summed E-state index contributed by atoms with van der Waals surface area (Å²) >= 11 is 0. The van der Waals surface area contributed by atoms with Crippen molar-refractivity contribution in [2.45, 2.75) is 51.4 Å². The maximum atomic E-state index is 11.4. The molecular weight excluding hydrogens is 326 g/mol. The summed E-state index contributed by atoms with van der Waals surface area (Å²) in [6.07, 6.45) is 7.90. The lowest BCUT2D eigenvalue weighted by Gasteiger charge is -2.20. The number of fused-ring (bicyclic) bond motifs is 2. The minimum absolute atomic E-state index is 0.104. The van der Waals surface area contributed by atoms with Crippen molar-refractivity contribution in [1.29, 1.82) is 0 Å². The number of carbonyl (C=O) groups excluding carboxylic acids is 1. The summed E-state index contributed by atoms with van der Waals surface area (Å²) in [4.78, 5) is 27.7. The molecule has 0 saturated heterocycles. The zero-order valence-electron chi connectivity index (χ0n) is 15.2. The lowest BCUT2D eigenvalue weighted by atomic mass is 10.0. The number of hydrogen-bond donors (Lipinski definition) is 1. The highest BCUT2D eigenvalue weighted by atomic mass is 16.1. The minimum atomic E-state index is -0.104. The molecule has 0 unspecified atom stereocenters. The van der Waals surface area contributed by atoms with Gasteiger partial charge in [0.05, 0.1) is 5.69 Å². The van der Waals surface area contributed by atoms with Gasteiger partial charge in [0.25, 0.3) is 0 Å². The van der Waals surface area contributed by atoms with E-state index in [9.17, 15) is 4.79 Å². The predicted octanol–water partition coefficient (Wildman–Crippen LogP) is 3.27. The Balaban J connectivity index is 1.54. The SMILES string of the molecule is CC(=O)Nc1cc2c(cn1)C1(CC1)CN2c1cc(C)nc(CC2CC2)n1. The van der Waals surface area contributed by atoms with Crippen molar-refractivity contribution in [1.82, 2.24) is 15.0 Å². The van der Waals surface area contributed by atoms with Gasteiger partial charge in [-0.05, 0) is 38.5 Å². The van der Waals surface area contributed by atoms with Crippen LogP contribution in [0.5, 0.6) is 0 Å². The number of aryl methyl sites for hydroxylation is 1. The molecule has 2 aromatic rings. The molecule has 1 amide bonds. The Labute approximate surface area is 153 Å². The first kappa shape index (κ1) is 15.7. The zero-order valence-corrected chi connectivity index (χ0v) is 15.2. The molecule has 2 aliphatic carbocycles. The Morgan fingerprint density at radius 2 is 2.12 bits per heavy atom. The highest BCUT2D eigenvalue weighted by molar-refractivity contribution is 5.89. The number of nitrogens with one attached hydrogen (secondary N) is 1. The normalized spacial score (nSPS) is 19.5. The van der Waals surface area contributed by atoms with Crippen molar-refractivity contribution in [3.63, 3.8) is 0 Å². The van der Waals surface area contributed by atoms with Crippen LogP contribution in [-0.2, 0) is 16.6 Å². The lowest BCUT2D eigenvalue weighted by Crippen LogP contribution is -2.21. The summed E-state index contributed by atoms with van der Waals surface area (Å²) in [6, 6.07) is 4.06. The molecule has 5 rings (SSSR count). The van der Waals surface area contributed by atoms with Crippen LogP contribution in [0.4, 0.5) is 17.3 Å². The molecule has 2 aromatic heterocycles. The van der Waals surface area contributed by atoms with Gasteiger partial charge in [0, 0.05) is 54.9 Å². The van der Waals surface area contributed by atoms with E-state index in [4.69, 9.17) is 4.98 Å². The molecule has 0 bridgehead atoms. The Kier molecular flexibility index (Phi) is 3.33. The fraction of sp³-hybridized carbons (Fsp3) is 0.500. The van der Waals surface area contributed by atoms with E-state index in [1.54, 1.807) is 0 Å². The van der Waals surface area contributed by atoms with E-state index in [-0.39, 0.29) is 11.3 Å². The fourth-order valence-corrected chi connectivity index (χ4v) is 4.00. The van der Waals surface area contributed by atoms with Gasteiger partial charge in [-0.25, -0.2) is 15.0 Å². The van der Waals surface area contributed by atoms with Crippen molar-refractivity contribution < 1.29 is 4.79 Å². The maximum Gasteiger partial charge on any atom is 0.222 e. The van der Waals surface area contributed by atoms with Gasteiger partial charge in [0.1, 0.15) is 17.5 Å². The van der Waals surface area contributed by atoms with Crippen molar-refractivity contribution in [3.8, 4) is 0 Å². The molecule has 1 spiro atoms. The van der Waals surface area contributed by atoms with Crippen LogP contribution in [-0.4, -0.2) is 27.4 Å². The summed E-state index contributed by atoms with van der Waals surface area (Å²) in [7, 11) is 0. The van der Waals surface area contributed by atoms with Gasteiger partial charge in [-0.2, -0.15) is 0 Å². The van der Waals surface area contributed by atoms with Crippen LogP contribution in [0.1, 0.15) is 49.7 Å². The fourth-order valence-electron chi connectivity index (χ4n) is 4.00. The van der Waals surface area contributed by atoms with Crippen molar-refractivity contribution in [2.24, 2.45) is 5.92 Å². The number of nitrogens with zero attached hydrogens (tertiary/aromatic N) is 4. The van der Waals surface area contributed by atoms with Gasteiger partial charge < -0.3 is 10.2 Å². The van der Waals surface area contributed by atoms with Gasteiger partial charge in [0.15, 0.2) is 0 Å². The number of rotatable bonds is 4. The molecule has 6 heteroatoms. The Bertz CT molecular complexity index is 901. The third-order valence-corrected chi connectivity index (χ3v) is 5.69. The Morgan fingerprint density at radius 1 is 1.31 bits per heavy atom. The van der Waals surface area contributed by atoms with Crippen LogP contribution in [0, 0.1) is 12.8 Å². The molecule has 1 N–H and O–H groups in total. The zero-order chi connectivity index (χ0) is 17.9. The number of anilines is 3. The number of amides is 1. The van der Waals surface area contributed by atoms with E-state index in [2.05, 4.69) is 26.3 Å². The van der Waals surface area contributed by atoms with Crippen LogP contribution in [0.3, 0.4) is 0 Å². The van der Waals surface area contributed by atoms with Gasteiger partial charge in [-0.1, -0.05) is 0 Å². The van der Waals surface area contributed by atoms with Gasteiger partial charge >= 0.3 is 0 Å². The molecular formula is C20H23N5O. The topological polar surface area (TPSA) is 71.0 Å². The van der Waals surface area contributed by atoms with Crippen LogP contribution < -0.4 is 10.2 Å². The third kappa shape index (κ3) is 2.73. The molecule has 0 radical (unpaired) electrons. The second-order valence-electron chi connectivity index (χ2n) is 8.07. The average molecular weight is 349 g/mol. The maximum absolute atomic E-state index is 11.4. The highest BCUT2D eigenvalue weighted by Crippen LogP contribution is 2.58. The molecule has 26 heavy (non-hydrogen) atoms. The molecule has 1 aliphatic heterocycles. The quantitative estimate of drug-likeness (QED) is 0.917. The van der Waals surface area contributed by atoms with Crippen LogP contribution in [0.2, 0.25) is 0 Å². The minimum Gasteiger partial charge on any atom is -0.325 e. The number of hydrogen-bond acceptors (Lipinski definition) is 5. The lowest BCUT2D eigenvalue weighted by molar-refractivity contribution is -0.114. The van der Waals surface area contributed by atoms with Crippen molar-refractivity contribution >= 4 is 23.2 Å². The summed E-state index contributed by atoms with van der Waals surface area (Å²) in [5.74, 6) is 3.19. The summed E-state index contributed by atoms with van der Waals surface area (Å²) < 4.78 is 0. The van der Waals surface area contributed by atoms with E-state index >= 15 is 0 Å². The Morgan fingerprint density at radius 3 is 2.81 bits per heavy atom. The largest absolute Gasteiger partial charge is 0.325 e. The number of pyridine rings is 1. The van der Waals surface area contributed by atoms with Gasteiger partial charge in [-0.15, -0.1) is 0 Å². The first-order chi connectivity index (χ1) is 12.5. The van der Waals surface area contributed by atoms with E-state index in [0.29, 0.717) is 5.82 Å². The monoisotopic (exact) mass is 349 g/mol. The number of carbonyl (C=O) groups is 1. The summed E-state index contributed by atoms with van der Waals surface area (Å²) in [5, 5.41) is 2.80. The third-order valence-electron chi connectivity index (χ3n) is 5.69. The molecule has 0 atom stereocenters. The van der Waals surface area contributed by atoms with E-state index < -0.39 is 0 Å². The smallest absolute Gasteiger partial charge is 0.222 e. The molecule has 3 aliphatic rings. The first-order valence-electron chi connectivity index (χ1n) is 9.43.